The van der Waals surface area contributed by atoms with Crippen LogP contribution in [0.15, 0.2) is 0 Å². The number of aliphatic carboxylic acids is 1. The number of thioether (sulfide) groups is 1. The molecule has 2 rings (SSSR count). The molecule has 0 aliphatic carbocycles. The second-order valence-corrected chi connectivity index (χ2v) is 5.67. The van der Waals surface area contributed by atoms with Crippen LogP contribution in [0, 0.1) is 0 Å². The lowest BCUT2D eigenvalue weighted by atomic mass is 9.91. The third-order valence-corrected chi connectivity index (χ3v) is 4.48. The van der Waals surface area contributed by atoms with Gasteiger partial charge in [0, 0.05) is 18.8 Å². The van der Waals surface area contributed by atoms with E-state index in [1.807, 2.05) is 11.8 Å². The Morgan fingerprint density at radius 1 is 1.69 bits per heavy atom. The standard InChI is InChI=1S/C11H18O4S/c1-8(10(12)13)15-9-2-4-14-11(6-9)3-5-16-7-11/h8-9H,2-7H2,1H3,(H,12,13)/t8-,9?,11?/m0/s1. The highest BCUT2D eigenvalue weighted by Crippen LogP contribution is 2.39. The number of carboxylic acid groups (broad SMARTS) is 1. The van der Waals surface area contributed by atoms with Crippen LogP contribution in [0.4, 0.5) is 0 Å². The number of carbonyl (C=O) groups is 1. The molecule has 2 aliphatic rings. The maximum Gasteiger partial charge on any atom is 0.332 e. The van der Waals surface area contributed by atoms with E-state index >= 15 is 0 Å². The Balaban J connectivity index is 1.89. The zero-order chi connectivity index (χ0) is 11.6. The summed E-state index contributed by atoms with van der Waals surface area (Å²) in [5, 5.41) is 8.81. The molecule has 2 fully saturated rings. The van der Waals surface area contributed by atoms with E-state index in [1.54, 1.807) is 6.92 Å². The van der Waals surface area contributed by atoms with Crippen molar-refractivity contribution >= 4 is 17.7 Å². The fourth-order valence-corrected chi connectivity index (χ4v) is 3.69. The van der Waals surface area contributed by atoms with Crippen LogP contribution in [0.25, 0.3) is 0 Å². The smallest absolute Gasteiger partial charge is 0.332 e. The molecule has 2 heterocycles. The Hall–Kier alpha value is -0.260. The summed E-state index contributed by atoms with van der Waals surface area (Å²) in [6.45, 7) is 2.28. The molecule has 2 saturated heterocycles. The first kappa shape index (κ1) is 12.2. The van der Waals surface area contributed by atoms with Gasteiger partial charge in [-0.15, -0.1) is 0 Å². The summed E-state index contributed by atoms with van der Waals surface area (Å²) < 4.78 is 11.4. The fraction of sp³-hybridized carbons (Fsp3) is 0.909. The molecule has 0 aromatic carbocycles. The summed E-state index contributed by atoms with van der Waals surface area (Å²) in [5.41, 5.74) is -0.0359. The maximum absolute atomic E-state index is 10.7. The van der Waals surface area contributed by atoms with Crippen LogP contribution in [0.2, 0.25) is 0 Å². The molecule has 0 aromatic heterocycles. The zero-order valence-corrected chi connectivity index (χ0v) is 10.3. The average Bonchev–Trinajstić information content (AvgIpc) is 2.66. The number of rotatable bonds is 3. The molecule has 4 nitrogen and oxygen atoms in total. The van der Waals surface area contributed by atoms with Gasteiger partial charge >= 0.3 is 5.97 Å². The molecule has 2 aliphatic heterocycles. The van der Waals surface area contributed by atoms with Gasteiger partial charge < -0.3 is 14.6 Å². The normalized spacial score (nSPS) is 36.4. The monoisotopic (exact) mass is 246 g/mol. The number of hydrogen-bond acceptors (Lipinski definition) is 4. The van der Waals surface area contributed by atoms with Crippen molar-refractivity contribution in [3.63, 3.8) is 0 Å². The SMILES string of the molecule is C[C@H](OC1CCOC2(CCSC2)C1)C(=O)O. The number of carboxylic acids is 1. The van der Waals surface area contributed by atoms with E-state index in [0.29, 0.717) is 6.61 Å². The third kappa shape index (κ3) is 2.70. The molecule has 1 spiro atoms. The number of hydrogen-bond donors (Lipinski definition) is 1. The van der Waals surface area contributed by atoms with Crippen molar-refractivity contribution < 1.29 is 19.4 Å². The van der Waals surface area contributed by atoms with E-state index in [1.165, 1.54) is 0 Å². The van der Waals surface area contributed by atoms with Gasteiger partial charge in [-0.25, -0.2) is 4.79 Å². The van der Waals surface area contributed by atoms with Crippen molar-refractivity contribution in [3.8, 4) is 0 Å². The quantitative estimate of drug-likeness (QED) is 0.818. The second kappa shape index (κ2) is 4.94. The van der Waals surface area contributed by atoms with Gasteiger partial charge in [-0.3, -0.25) is 0 Å². The lowest BCUT2D eigenvalue weighted by Crippen LogP contribution is -2.44. The van der Waals surface area contributed by atoms with Crippen LogP contribution in [-0.2, 0) is 14.3 Å². The highest BCUT2D eigenvalue weighted by molar-refractivity contribution is 7.99. The van der Waals surface area contributed by atoms with E-state index in [0.717, 1.165) is 30.8 Å². The minimum Gasteiger partial charge on any atom is -0.479 e. The molecule has 0 aromatic rings. The van der Waals surface area contributed by atoms with Crippen LogP contribution >= 0.6 is 11.8 Å². The first-order valence-electron chi connectivity index (χ1n) is 5.71. The van der Waals surface area contributed by atoms with Crippen LogP contribution < -0.4 is 0 Å². The van der Waals surface area contributed by atoms with Gasteiger partial charge in [0.25, 0.3) is 0 Å². The fourth-order valence-electron chi connectivity index (χ4n) is 2.31. The summed E-state index contributed by atoms with van der Waals surface area (Å²) in [4.78, 5) is 10.7. The zero-order valence-electron chi connectivity index (χ0n) is 9.48. The average molecular weight is 246 g/mol. The van der Waals surface area contributed by atoms with Gasteiger partial charge in [0.05, 0.1) is 11.7 Å². The van der Waals surface area contributed by atoms with Crippen LogP contribution in [0.5, 0.6) is 0 Å². The third-order valence-electron chi connectivity index (χ3n) is 3.26. The molecule has 0 amide bonds. The van der Waals surface area contributed by atoms with Gasteiger partial charge in [0.1, 0.15) is 0 Å². The largest absolute Gasteiger partial charge is 0.479 e. The lowest BCUT2D eigenvalue weighted by molar-refractivity contribution is -0.165. The minimum absolute atomic E-state index is 0.0359. The minimum atomic E-state index is -0.888. The molecule has 3 atom stereocenters. The Morgan fingerprint density at radius 2 is 2.50 bits per heavy atom. The first-order valence-corrected chi connectivity index (χ1v) is 6.87. The Labute approximate surface area is 99.7 Å². The van der Waals surface area contributed by atoms with E-state index in [4.69, 9.17) is 14.6 Å². The predicted molar refractivity (Wildman–Crippen MR) is 61.8 cm³/mol. The van der Waals surface area contributed by atoms with Crippen LogP contribution in [0.3, 0.4) is 0 Å². The molecular weight excluding hydrogens is 228 g/mol. The molecule has 5 heteroatoms. The Bertz CT molecular complexity index is 263. The van der Waals surface area contributed by atoms with Crippen LogP contribution in [0.1, 0.15) is 26.2 Å². The van der Waals surface area contributed by atoms with E-state index < -0.39 is 12.1 Å². The maximum atomic E-state index is 10.7. The summed E-state index contributed by atoms with van der Waals surface area (Å²) in [6, 6.07) is 0. The van der Waals surface area contributed by atoms with Gasteiger partial charge in [-0.1, -0.05) is 0 Å². The van der Waals surface area contributed by atoms with E-state index in [9.17, 15) is 4.79 Å². The molecule has 1 N–H and O–H groups in total. The van der Waals surface area contributed by atoms with Crippen molar-refractivity contribution in [2.75, 3.05) is 18.1 Å². The highest BCUT2D eigenvalue weighted by atomic mass is 32.2. The molecule has 2 unspecified atom stereocenters. The lowest BCUT2D eigenvalue weighted by Gasteiger charge is -2.38. The van der Waals surface area contributed by atoms with Gasteiger partial charge in [-0.05, 0) is 25.5 Å². The molecule has 16 heavy (non-hydrogen) atoms. The predicted octanol–water partition coefficient (Wildman–Crippen LogP) is 1.53. The summed E-state index contributed by atoms with van der Waals surface area (Å²) in [7, 11) is 0. The number of ether oxygens (including phenoxy) is 2. The first-order chi connectivity index (χ1) is 7.61. The van der Waals surface area contributed by atoms with Crippen molar-refractivity contribution in [2.45, 2.75) is 44.0 Å². The summed E-state index contributed by atoms with van der Waals surface area (Å²) in [5.74, 6) is 1.27. The Kier molecular flexibility index (Phi) is 3.77. The van der Waals surface area contributed by atoms with Crippen molar-refractivity contribution in [3.05, 3.63) is 0 Å². The molecule has 0 radical (unpaired) electrons. The van der Waals surface area contributed by atoms with E-state index in [2.05, 4.69) is 0 Å². The Morgan fingerprint density at radius 3 is 3.12 bits per heavy atom. The summed E-state index contributed by atoms with van der Waals surface area (Å²) in [6.07, 6.45) is 2.05. The van der Waals surface area contributed by atoms with Gasteiger partial charge in [0.15, 0.2) is 6.10 Å². The molecule has 0 bridgehead atoms. The van der Waals surface area contributed by atoms with Crippen molar-refractivity contribution in [1.29, 1.82) is 0 Å². The molecule has 0 saturated carbocycles. The van der Waals surface area contributed by atoms with Gasteiger partial charge in [-0.2, -0.15) is 11.8 Å². The van der Waals surface area contributed by atoms with E-state index in [-0.39, 0.29) is 11.7 Å². The topological polar surface area (TPSA) is 55.8 Å². The molecule has 92 valence electrons. The molecular formula is C11H18O4S. The second-order valence-electron chi connectivity index (χ2n) is 4.57. The van der Waals surface area contributed by atoms with Crippen molar-refractivity contribution in [2.24, 2.45) is 0 Å². The van der Waals surface area contributed by atoms with Gasteiger partial charge in [0.2, 0.25) is 0 Å². The summed E-state index contributed by atoms with van der Waals surface area (Å²) >= 11 is 1.91. The highest BCUT2D eigenvalue weighted by Gasteiger charge is 2.41. The van der Waals surface area contributed by atoms with Crippen molar-refractivity contribution in [1.82, 2.24) is 0 Å². The van der Waals surface area contributed by atoms with Crippen LogP contribution in [-0.4, -0.2) is 47.0 Å².